The van der Waals surface area contributed by atoms with Gasteiger partial charge in [-0.15, -0.1) is 6.42 Å². The fraction of sp³-hybridized carbons (Fsp3) is 0.455. The van der Waals surface area contributed by atoms with Crippen LogP contribution in [0.15, 0.2) is 24.3 Å². The number of ether oxygens (including phenoxy) is 2. The minimum absolute atomic E-state index is 0.0405. The second-order valence-electron chi connectivity index (χ2n) is 12.6. The molecular formula is C33H34FN7O4. The number of piperazine rings is 1. The third kappa shape index (κ3) is 4.77. The summed E-state index contributed by atoms with van der Waals surface area (Å²) < 4.78 is 29.5. The molecule has 11 nitrogen and oxygen atoms in total. The Morgan fingerprint density at radius 3 is 2.60 bits per heavy atom. The van der Waals surface area contributed by atoms with Gasteiger partial charge in [-0.3, -0.25) is 9.36 Å². The van der Waals surface area contributed by atoms with Gasteiger partial charge in [0.15, 0.2) is 11.5 Å². The van der Waals surface area contributed by atoms with Crippen molar-refractivity contribution >= 4 is 33.7 Å². The first-order valence-electron chi connectivity index (χ1n) is 15.7. The molecule has 2 unspecified atom stereocenters. The lowest BCUT2D eigenvalue weighted by molar-refractivity contribution is -0.127. The van der Waals surface area contributed by atoms with E-state index in [1.807, 2.05) is 0 Å². The van der Waals surface area contributed by atoms with E-state index in [-0.39, 0.29) is 53.7 Å². The Hall–Kier alpha value is -4.63. The lowest BCUT2D eigenvalue weighted by Gasteiger charge is -2.35. The number of amides is 1. The Morgan fingerprint density at radius 2 is 1.91 bits per heavy atom. The maximum Gasteiger partial charge on any atom is 0.320 e. The zero-order valence-electron chi connectivity index (χ0n) is 25.0. The highest BCUT2D eigenvalue weighted by atomic mass is 19.1. The molecule has 5 heterocycles. The molecule has 2 bridgehead atoms. The van der Waals surface area contributed by atoms with E-state index < -0.39 is 5.82 Å². The van der Waals surface area contributed by atoms with Gasteiger partial charge in [-0.1, -0.05) is 12.0 Å². The van der Waals surface area contributed by atoms with E-state index in [9.17, 15) is 14.3 Å². The predicted molar refractivity (Wildman–Crippen MR) is 165 cm³/mol. The number of nitrogens with zero attached hydrogens (tertiary/aromatic N) is 6. The number of fused-ring (bicyclic) bond motifs is 4. The van der Waals surface area contributed by atoms with Gasteiger partial charge in [0.05, 0.1) is 11.6 Å². The Labute approximate surface area is 259 Å². The fourth-order valence-corrected chi connectivity index (χ4v) is 7.19. The second-order valence-corrected chi connectivity index (χ2v) is 12.6. The van der Waals surface area contributed by atoms with Crippen LogP contribution in [0.5, 0.6) is 23.5 Å². The van der Waals surface area contributed by atoms with Crippen molar-refractivity contribution in [2.24, 2.45) is 0 Å². The molecule has 3 saturated heterocycles. The number of terminal acetylenes is 1. The van der Waals surface area contributed by atoms with E-state index in [0.29, 0.717) is 34.9 Å². The van der Waals surface area contributed by atoms with E-state index in [4.69, 9.17) is 30.8 Å². The zero-order chi connectivity index (χ0) is 30.8. The molecule has 1 amide bonds. The molecule has 4 fully saturated rings. The van der Waals surface area contributed by atoms with Gasteiger partial charge < -0.3 is 29.7 Å². The number of anilines is 1. The summed E-state index contributed by atoms with van der Waals surface area (Å²) in [6, 6.07) is 7.05. The summed E-state index contributed by atoms with van der Waals surface area (Å²) in [5.41, 5.74) is 1.23. The van der Waals surface area contributed by atoms with E-state index in [2.05, 4.69) is 20.7 Å². The van der Waals surface area contributed by atoms with Crippen molar-refractivity contribution in [2.45, 2.75) is 69.1 Å². The number of carbonyl (C=O) groups excluding carboxylic acids is 1. The first-order valence-corrected chi connectivity index (χ1v) is 15.7. The highest BCUT2D eigenvalue weighted by molar-refractivity contribution is 5.95. The van der Waals surface area contributed by atoms with E-state index >= 15 is 0 Å². The third-order valence-corrected chi connectivity index (χ3v) is 9.83. The number of rotatable bonds is 7. The summed E-state index contributed by atoms with van der Waals surface area (Å²) in [5, 5.41) is 15.2. The van der Waals surface area contributed by atoms with Crippen LogP contribution in [0.1, 0.15) is 56.6 Å². The number of benzene rings is 2. The zero-order valence-corrected chi connectivity index (χ0v) is 25.0. The second kappa shape index (κ2) is 10.8. The quantitative estimate of drug-likeness (QED) is 0.296. The average Bonchev–Trinajstić information content (AvgIpc) is 3.64. The minimum Gasteiger partial charge on any atom is -0.508 e. The van der Waals surface area contributed by atoms with Crippen molar-refractivity contribution in [3.63, 3.8) is 0 Å². The number of imidazole rings is 1. The summed E-state index contributed by atoms with van der Waals surface area (Å²) in [7, 11) is 1.79. The number of phenols is 1. The minimum atomic E-state index is -0.550. The number of hydrogen-bond donors (Lipinski definition) is 2. The van der Waals surface area contributed by atoms with Crippen molar-refractivity contribution < 1.29 is 23.8 Å². The van der Waals surface area contributed by atoms with Crippen LogP contribution in [0.4, 0.5) is 10.2 Å². The van der Waals surface area contributed by atoms with Gasteiger partial charge in [-0.25, -0.2) is 4.39 Å². The number of halogens is 1. The van der Waals surface area contributed by atoms with Crippen LogP contribution in [0, 0.1) is 18.2 Å². The molecule has 2 aromatic carbocycles. The molecule has 45 heavy (non-hydrogen) atoms. The lowest BCUT2D eigenvalue weighted by Crippen LogP contribution is -2.51. The van der Waals surface area contributed by atoms with Crippen LogP contribution in [-0.2, 0) is 4.79 Å². The molecule has 3 aliphatic heterocycles. The van der Waals surface area contributed by atoms with Crippen molar-refractivity contribution in [2.75, 3.05) is 31.6 Å². The van der Waals surface area contributed by atoms with Gasteiger partial charge >= 0.3 is 12.0 Å². The van der Waals surface area contributed by atoms with Gasteiger partial charge in [0.1, 0.15) is 29.4 Å². The highest BCUT2D eigenvalue weighted by Gasteiger charge is 2.37. The summed E-state index contributed by atoms with van der Waals surface area (Å²) in [4.78, 5) is 30.7. The standard InChI is InChI=1S/C33H34FN7O4/c1-3-24-25(34)11-7-18-13-23(42)14-26(28(18)24)45-33-37-30-29(41(33)21-5-4-6-21)31(40-15-19-8-9-20(16-40)35-19)38-32(36-30)44-17-22-10-12-27(43)39(22)2/h1,7,11,13-14,19-22,35,42H,4-6,8-10,12,15-17H2,2H3/t19?,20?,22-/m0/s1. The van der Waals surface area contributed by atoms with Gasteiger partial charge in [-0.05, 0) is 56.0 Å². The summed E-state index contributed by atoms with van der Waals surface area (Å²) in [6.45, 7) is 1.86. The molecule has 0 radical (unpaired) electrons. The van der Waals surface area contributed by atoms with E-state index in [1.54, 1.807) is 18.0 Å². The van der Waals surface area contributed by atoms with Crippen LogP contribution in [0.25, 0.3) is 21.9 Å². The number of phenolic OH excluding ortho intramolecular Hbond substituents is 1. The molecular weight excluding hydrogens is 577 g/mol. The number of hydrogen-bond acceptors (Lipinski definition) is 9. The Morgan fingerprint density at radius 1 is 1.11 bits per heavy atom. The van der Waals surface area contributed by atoms with Gasteiger partial charge in [0.2, 0.25) is 5.91 Å². The average molecular weight is 612 g/mol. The monoisotopic (exact) mass is 611 g/mol. The summed E-state index contributed by atoms with van der Waals surface area (Å²) in [6.07, 6.45) is 12.1. The predicted octanol–water partition coefficient (Wildman–Crippen LogP) is 4.26. The van der Waals surface area contributed by atoms with Crippen molar-refractivity contribution in [3.8, 4) is 35.9 Å². The van der Waals surface area contributed by atoms with Crippen LogP contribution in [0.3, 0.4) is 0 Å². The fourth-order valence-electron chi connectivity index (χ4n) is 7.19. The molecule has 4 aromatic rings. The van der Waals surface area contributed by atoms with Gasteiger partial charge in [-0.2, -0.15) is 15.0 Å². The Balaban J connectivity index is 1.26. The molecule has 0 spiro atoms. The van der Waals surface area contributed by atoms with Crippen molar-refractivity contribution in [1.82, 2.24) is 29.7 Å². The largest absolute Gasteiger partial charge is 0.508 e. The first kappa shape index (κ1) is 27.9. The molecule has 1 aliphatic carbocycles. The molecule has 4 aliphatic rings. The number of carbonyl (C=O) groups is 1. The Kier molecular flexibility index (Phi) is 6.67. The van der Waals surface area contributed by atoms with Crippen LogP contribution >= 0.6 is 0 Å². The molecule has 1 saturated carbocycles. The number of aromatic hydroxyl groups is 1. The molecule has 3 atom stereocenters. The van der Waals surface area contributed by atoms with Crippen molar-refractivity contribution in [1.29, 1.82) is 0 Å². The third-order valence-electron chi connectivity index (χ3n) is 9.83. The number of likely N-dealkylation sites (N-methyl/N-ethyl adjacent to an activating group) is 1. The topological polar surface area (TPSA) is 118 Å². The molecule has 232 valence electrons. The van der Waals surface area contributed by atoms with Crippen LogP contribution < -0.4 is 19.7 Å². The van der Waals surface area contributed by atoms with E-state index in [0.717, 1.165) is 62.9 Å². The summed E-state index contributed by atoms with van der Waals surface area (Å²) in [5.74, 6) is 2.89. The van der Waals surface area contributed by atoms with Gasteiger partial charge in [0, 0.05) is 56.1 Å². The number of nitrogens with one attached hydrogen (secondary N) is 1. The Bertz CT molecular complexity index is 1870. The molecule has 8 rings (SSSR count). The smallest absolute Gasteiger partial charge is 0.320 e. The summed E-state index contributed by atoms with van der Waals surface area (Å²) >= 11 is 0. The molecule has 2 N–H and O–H groups in total. The molecule has 2 aromatic heterocycles. The first-order chi connectivity index (χ1) is 21.9. The van der Waals surface area contributed by atoms with Crippen LogP contribution in [0.2, 0.25) is 0 Å². The maximum atomic E-state index is 14.8. The van der Waals surface area contributed by atoms with E-state index in [1.165, 1.54) is 18.2 Å². The van der Waals surface area contributed by atoms with Gasteiger partial charge in [0.25, 0.3) is 0 Å². The maximum absolute atomic E-state index is 14.8. The lowest BCUT2D eigenvalue weighted by atomic mass is 9.93. The van der Waals surface area contributed by atoms with Crippen molar-refractivity contribution in [3.05, 3.63) is 35.6 Å². The molecule has 12 heteroatoms. The SMILES string of the molecule is C#Cc1c(F)ccc2cc(O)cc(Oc3nc4nc(OC[C@@H]5CCC(=O)N5C)nc(N5CC6CCC(C5)N6)c4n3C3CCC3)c12. The normalized spacial score (nSPS) is 23.1. The highest BCUT2D eigenvalue weighted by Crippen LogP contribution is 2.44. The van der Waals surface area contributed by atoms with Crippen LogP contribution in [-0.4, -0.2) is 80.3 Å². The number of aromatic nitrogens is 4. The number of likely N-dealkylation sites (tertiary alicyclic amines) is 1.